The lowest BCUT2D eigenvalue weighted by molar-refractivity contribution is -0.862. The second-order valence-corrected chi connectivity index (χ2v) is 6.42. The summed E-state index contributed by atoms with van der Waals surface area (Å²) in [6.45, 7) is 0.296. The minimum Gasteiger partial charge on any atom is -0.493 e. The summed E-state index contributed by atoms with van der Waals surface area (Å²) in [4.78, 5) is 25.0. The van der Waals surface area contributed by atoms with Gasteiger partial charge in [-0.25, -0.2) is 0 Å². The number of hydrogen-bond donors (Lipinski definition) is 3. The fraction of sp³-hybridized carbons (Fsp3) is 0.263. The lowest BCUT2D eigenvalue weighted by Crippen LogP contribution is -3.11. The van der Waals surface area contributed by atoms with Crippen LogP contribution in [-0.4, -0.2) is 46.2 Å². The van der Waals surface area contributed by atoms with Crippen LogP contribution in [0.1, 0.15) is 0 Å². The molecule has 0 bridgehead atoms. The highest BCUT2D eigenvalue weighted by atomic mass is 35.5. The number of anilines is 2. The first kappa shape index (κ1) is 20.5. The van der Waals surface area contributed by atoms with Crippen molar-refractivity contribution >= 4 is 34.8 Å². The van der Waals surface area contributed by atoms with Gasteiger partial charge in [0.25, 0.3) is 11.8 Å². The Morgan fingerprint density at radius 2 is 1.41 bits per heavy atom. The number of rotatable bonds is 8. The van der Waals surface area contributed by atoms with Crippen LogP contribution in [0.3, 0.4) is 0 Å². The predicted octanol–water partition coefficient (Wildman–Crippen LogP) is 1.45. The summed E-state index contributed by atoms with van der Waals surface area (Å²) >= 11 is 5.82. The average Bonchev–Trinajstić information content (AvgIpc) is 2.63. The monoisotopic (exact) mass is 392 g/mol. The van der Waals surface area contributed by atoms with Crippen LogP contribution in [0.15, 0.2) is 42.5 Å². The van der Waals surface area contributed by atoms with E-state index in [4.69, 9.17) is 21.1 Å². The zero-order chi connectivity index (χ0) is 19.8. The summed E-state index contributed by atoms with van der Waals surface area (Å²) in [5.41, 5.74) is 1.25. The van der Waals surface area contributed by atoms with Crippen LogP contribution in [-0.2, 0) is 9.59 Å². The van der Waals surface area contributed by atoms with Crippen LogP contribution < -0.4 is 25.0 Å². The molecule has 144 valence electrons. The molecule has 0 aliphatic carbocycles. The molecule has 2 aromatic rings. The number of carbonyl (C=O) groups excluding carboxylic acids is 2. The zero-order valence-corrected chi connectivity index (χ0v) is 16.2. The van der Waals surface area contributed by atoms with E-state index in [-0.39, 0.29) is 24.9 Å². The molecule has 0 aromatic heterocycles. The molecular formula is C19H23ClN3O4+. The highest BCUT2D eigenvalue weighted by molar-refractivity contribution is 6.30. The fourth-order valence-corrected chi connectivity index (χ4v) is 2.59. The second kappa shape index (κ2) is 9.80. The maximum absolute atomic E-state index is 12.2. The standard InChI is InChI=1S/C19H22ClN3O4/c1-23(11-18(24)21-14-6-4-13(20)5-7-14)12-19(25)22-15-8-9-16(26-2)17(10-15)27-3/h4-10H,11-12H2,1-3H3,(H,21,24)(H,22,25)/p+1. The number of benzene rings is 2. The van der Waals surface area contributed by atoms with Gasteiger partial charge in [-0.3, -0.25) is 9.59 Å². The van der Waals surface area contributed by atoms with Gasteiger partial charge < -0.3 is 25.0 Å². The Morgan fingerprint density at radius 3 is 1.96 bits per heavy atom. The Balaban J connectivity index is 1.84. The van der Waals surface area contributed by atoms with Crippen molar-refractivity contribution in [2.24, 2.45) is 0 Å². The molecule has 8 heteroatoms. The molecule has 0 aliphatic rings. The number of quaternary nitrogens is 1. The molecule has 7 nitrogen and oxygen atoms in total. The van der Waals surface area contributed by atoms with Crippen molar-refractivity contribution in [1.29, 1.82) is 0 Å². The van der Waals surface area contributed by atoms with Crippen molar-refractivity contribution < 1.29 is 24.0 Å². The van der Waals surface area contributed by atoms with Gasteiger partial charge in [-0.05, 0) is 36.4 Å². The van der Waals surface area contributed by atoms with Crippen molar-refractivity contribution in [1.82, 2.24) is 0 Å². The quantitative estimate of drug-likeness (QED) is 0.635. The van der Waals surface area contributed by atoms with E-state index in [0.717, 1.165) is 4.90 Å². The van der Waals surface area contributed by atoms with Crippen molar-refractivity contribution in [2.45, 2.75) is 0 Å². The van der Waals surface area contributed by atoms with Crippen LogP contribution in [0.25, 0.3) is 0 Å². The van der Waals surface area contributed by atoms with Gasteiger partial charge in [0.15, 0.2) is 24.6 Å². The largest absolute Gasteiger partial charge is 0.493 e. The molecule has 0 saturated carbocycles. The summed E-state index contributed by atoms with van der Waals surface area (Å²) < 4.78 is 10.4. The summed E-state index contributed by atoms with van der Waals surface area (Å²) in [7, 11) is 4.85. The van der Waals surface area contributed by atoms with Crippen LogP contribution in [0.5, 0.6) is 11.5 Å². The van der Waals surface area contributed by atoms with E-state index in [9.17, 15) is 9.59 Å². The molecule has 0 saturated heterocycles. The van der Waals surface area contributed by atoms with E-state index in [1.807, 2.05) is 0 Å². The summed E-state index contributed by atoms with van der Waals surface area (Å²) in [5, 5.41) is 6.16. The molecule has 1 unspecified atom stereocenters. The smallest absolute Gasteiger partial charge is 0.279 e. The maximum atomic E-state index is 12.2. The number of likely N-dealkylation sites (N-methyl/N-ethyl adjacent to an activating group) is 1. The molecule has 0 fully saturated rings. The maximum Gasteiger partial charge on any atom is 0.279 e. The van der Waals surface area contributed by atoms with Crippen molar-refractivity contribution in [3.8, 4) is 11.5 Å². The zero-order valence-electron chi connectivity index (χ0n) is 15.5. The minimum absolute atomic E-state index is 0.141. The molecule has 0 radical (unpaired) electrons. The summed E-state index contributed by atoms with van der Waals surface area (Å²) in [6, 6.07) is 12.0. The van der Waals surface area contributed by atoms with Gasteiger partial charge >= 0.3 is 0 Å². The third-order valence-electron chi connectivity index (χ3n) is 3.72. The number of amides is 2. The number of hydrogen-bond acceptors (Lipinski definition) is 4. The van der Waals surface area contributed by atoms with Gasteiger partial charge in [0.1, 0.15) is 0 Å². The van der Waals surface area contributed by atoms with Crippen LogP contribution in [0.4, 0.5) is 11.4 Å². The highest BCUT2D eigenvalue weighted by Gasteiger charge is 2.15. The first-order valence-electron chi connectivity index (χ1n) is 8.30. The van der Waals surface area contributed by atoms with E-state index >= 15 is 0 Å². The fourth-order valence-electron chi connectivity index (χ4n) is 2.47. The Kier molecular flexibility index (Phi) is 7.45. The van der Waals surface area contributed by atoms with Crippen LogP contribution in [0, 0.1) is 0 Å². The SMILES string of the molecule is COc1ccc(NC(=O)C[NH+](C)CC(=O)Nc2ccc(Cl)cc2)cc1OC. The number of ether oxygens (including phenoxy) is 2. The lowest BCUT2D eigenvalue weighted by atomic mass is 10.2. The Morgan fingerprint density at radius 1 is 0.889 bits per heavy atom. The average molecular weight is 393 g/mol. The molecule has 0 spiro atoms. The van der Waals surface area contributed by atoms with Gasteiger partial charge in [-0.1, -0.05) is 11.6 Å². The summed E-state index contributed by atoms with van der Waals surface area (Å²) in [5.74, 6) is 0.711. The normalized spacial score (nSPS) is 11.4. The Hall–Kier alpha value is -2.77. The molecule has 0 aliphatic heterocycles. The second-order valence-electron chi connectivity index (χ2n) is 5.98. The molecular weight excluding hydrogens is 370 g/mol. The molecule has 2 rings (SSSR count). The number of nitrogens with one attached hydrogen (secondary N) is 3. The predicted molar refractivity (Wildman–Crippen MR) is 105 cm³/mol. The molecule has 3 N–H and O–H groups in total. The van der Waals surface area contributed by atoms with Gasteiger partial charge in [-0.15, -0.1) is 0 Å². The van der Waals surface area contributed by atoms with Crippen LogP contribution >= 0.6 is 11.6 Å². The minimum atomic E-state index is -0.209. The van der Waals surface area contributed by atoms with Crippen molar-refractivity contribution in [2.75, 3.05) is 45.0 Å². The molecule has 2 amide bonds. The molecule has 27 heavy (non-hydrogen) atoms. The third kappa shape index (κ3) is 6.47. The van der Waals surface area contributed by atoms with Crippen molar-refractivity contribution in [3.05, 3.63) is 47.5 Å². The van der Waals surface area contributed by atoms with E-state index in [1.54, 1.807) is 56.6 Å². The van der Waals surface area contributed by atoms with Gasteiger partial charge in [-0.2, -0.15) is 0 Å². The van der Waals surface area contributed by atoms with Crippen molar-refractivity contribution in [3.63, 3.8) is 0 Å². The Labute approximate surface area is 163 Å². The van der Waals surface area contributed by atoms with Gasteiger partial charge in [0.2, 0.25) is 0 Å². The third-order valence-corrected chi connectivity index (χ3v) is 3.97. The highest BCUT2D eigenvalue weighted by Crippen LogP contribution is 2.29. The van der Waals surface area contributed by atoms with Gasteiger partial charge in [0, 0.05) is 22.5 Å². The van der Waals surface area contributed by atoms with E-state index in [1.165, 1.54) is 7.11 Å². The molecule has 1 atom stereocenters. The van der Waals surface area contributed by atoms with E-state index in [0.29, 0.717) is 27.9 Å². The number of halogens is 1. The molecule has 2 aromatic carbocycles. The molecule has 0 heterocycles. The first-order chi connectivity index (χ1) is 12.9. The number of methoxy groups -OCH3 is 2. The summed E-state index contributed by atoms with van der Waals surface area (Å²) in [6.07, 6.45) is 0. The first-order valence-corrected chi connectivity index (χ1v) is 8.67. The topological polar surface area (TPSA) is 81.1 Å². The van der Waals surface area contributed by atoms with Crippen LogP contribution in [0.2, 0.25) is 5.02 Å². The lowest BCUT2D eigenvalue weighted by Gasteiger charge is -2.14. The van der Waals surface area contributed by atoms with E-state index in [2.05, 4.69) is 10.6 Å². The van der Waals surface area contributed by atoms with Gasteiger partial charge in [0.05, 0.1) is 21.3 Å². The number of carbonyl (C=O) groups is 2. The Bertz CT molecular complexity index is 796. The van der Waals surface area contributed by atoms with E-state index < -0.39 is 0 Å².